The number of nitrogens with one attached hydrogen (secondary N) is 1. The van der Waals surface area contributed by atoms with Crippen LogP contribution in [-0.2, 0) is 0 Å². The maximum atomic E-state index is 5.33. The van der Waals surface area contributed by atoms with Crippen LogP contribution in [0.5, 0.6) is 0 Å². The first-order valence-corrected chi connectivity index (χ1v) is 16.2. The molecule has 4 nitrogen and oxygen atoms in total. The molecule has 0 aliphatic rings. The minimum atomic E-state index is 0.916. The Labute approximate surface area is 276 Å². The summed E-state index contributed by atoms with van der Waals surface area (Å²) in [7, 11) is 0. The molecule has 0 aliphatic carbocycles. The number of benzene rings is 6. The van der Waals surface area contributed by atoms with Crippen molar-refractivity contribution in [2.45, 2.75) is 0 Å². The van der Waals surface area contributed by atoms with Gasteiger partial charge in [0.2, 0.25) is 0 Å². The summed E-state index contributed by atoms with van der Waals surface area (Å²) in [4.78, 5) is 13.9. The van der Waals surface area contributed by atoms with Crippen LogP contribution < -0.4 is 0 Å². The van der Waals surface area contributed by atoms with Gasteiger partial charge < -0.3 is 4.98 Å². The minimum Gasteiger partial charge on any atom is -0.354 e. The molecule has 10 aromatic rings. The summed E-state index contributed by atoms with van der Waals surface area (Å²) in [6.45, 7) is 0. The zero-order valence-corrected chi connectivity index (χ0v) is 25.9. The molecule has 4 heteroatoms. The number of hydrogen-bond acceptors (Lipinski definition) is 2. The zero-order valence-electron chi connectivity index (χ0n) is 25.9. The standard InChI is InChI=1S/C44H28N4/c1-2-11-28(12-3-1)31-23-32(25-33(24-31)48-42-21-7-6-15-34(42)36-18-10-22-45-44(36)48)39-19-9-20-40(46-39)37-17-8-16-35-38-26-29-13-4-5-14-30(29)27-41(38)47-43(35)37/h1-27,47H. The first-order chi connectivity index (χ1) is 23.8. The molecule has 1 N–H and O–H groups in total. The van der Waals surface area contributed by atoms with E-state index in [1.807, 2.05) is 12.3 Å². The normalized spacial score (nSPS) is 11.8. The van der Waals surface area contributed by atoms with Gasteiger partial charge in [-0.3, -0.25) is 4.57 Å². The Morgan fingerprint density at radius 3 is 2.12 bits per heavy atom. The second-order valence-electron chi connectivity index (χ2n) is 12.4. The quantitative estimate of drug-likeness (QED) is 0.215. The van der Waals surface area contributed by atoms with Crippen LogP contribution in [0.3, 0.4) is 0 Å². The monoisotopic (exact) mass is 612 g/mol. The summed E-state index contributed by atoms with van der Waals surface area (Å²) in [5.41, 5.74) is 11.6. The van der Waals surface area contributed by atoms with Crippen LogP contribution in [0.25, 0.3) is 93.8 Å². The van der Waals surface area contributed by atoms with E-state index in [4.69, 9.17) is 9.97 Å². The van der Waals surface area contributed by atoms with Gasteiger partial charge in [0.1, 0.15) is 5.65 Å². The predicted molar refractivity (Wildman–Crippen MR) is 200 cm³/mol. The van der Waals surface area contributed by atoms with Gasteiger partial charge in [-0.25, -0.2) is 9.97 Å². The van der Waals surface area contributed by atoms with Crippen LogP contribution in [0.1, 0.15) is 0 Å². The molecular formula is C44H28N4. The van der Waals surface area contributed by atoms with E-state index < -0.39 is 0 Å². The lowest BCUT2D eigenvalue weighted by Gasteiger charge is -2.14. The molecule has 224 valence electrons. The number of pyridine rings is 2. The molecule has 0 spiro atoms. The highest BCUT2D eigenvalue weighted by Crippen LogP contribution is 2.37. The molecule has 0 atom stereocenters. The van der Waals surface area contributed by atoms with Gasteiger partial charge in [-0.15, -0.1) is 0 Å². The smallest absolute Gasteiger partial charge is 0.145 e. The van der Waals surface area contributed by atoms with E-state index in [0.29, 0.717) is 0 Å². The highest BCUT2D eigenvalue weighted by molar-refractivity contribution is 6.15. The number of aromatic nitrogens is 4. The number of aromatic amines is 1. The van der Waals surface area contributed by atoms with Crippen molar-refractivity contribution in [3.05, 3.63) is 164 Å². The number of para-hydroxylation sites is 2. The molecule has 0 saturated carbocycles. The Bertz CT molecular complexity index is 2790. The first kappa shape index (κ1) is 26.7. The number of rotatable bonds is 4. The predicted octanol–water partition coefficient (Wildman–Crippen LogP) is 11.4. The van der Waals surface area contributed by atoms with Crippen molar-refractivity contribution in [3.8, 4) is 39.3 Å². The van der Waals surface area contributed by atoms with Crippen LogP contribution in [0.2, 0.25) is 0 Å². The highest BCUT2D eigenvalue weighted by Gasteiger charge is 2.17. The van der Waals surface area contributed by atoms with Gasteiger partial charge in [0.05, 0.1) is 22.4 Å². The molecular weight excluding hydrogens is 585 g/mol. The number of fused-ring (bicyclic) bond motifs is 7. The van der Waals surface area contributed by atoms with Crippen molar-refractivity contribution >= 4 is 54.5 Å². The van der Waals surface area contributed by atoms with Crippen molar-refractivity contribution in [2.24, 2.45) is 0 Å². The largest absolute Gasteiger partial charge is 0.354 e. The van der Waals surface area contributed by atoms with Gasteiger partial charge in [0, 0.05) is 50.1 Å². The lowest BCUT2D eigenvalue weighted by atomic mass is 9.99. The topological polar surface area (TPSA) is 46.5 Å². The SMILES string of the molecule is c1ccc(-c2cc(-c3cccc(-c4cccc5c4[nH]c4cc6ccccc6cc45)n3)cc(-n3c4ccccc4c4cccnc43)c2)cc1. The summed E-state index contributed by atoms with van der Waals surface area (Å²) in [6.07, 6.45) is 1.87. The fourth-order valence-electron chi connectivity index (χ4n) is 7.31. The minimum absolute atomic E-state index is 0.916. The molecule has 6 aromatic carbocycles. The molecule has 4 heterocycles. The summed E-state index contributed by atoms with van der Waals surface area (Å²) in [5.74, 6) is 0. The maximum Gasteiger partial charge on any atom is 0.145 e. The zero-order chi connectivity index (χ0) is 31.6. The Morgan fingerprint density at radius 1 is 0.479 bits per heavy atom. The van der Waals surface area contributed by atoms with Gasteiger partial charge in [-0.1, -0.05) is 97.1 Å². The molecule has 0 amide bonds. The maximum absolute atomic E-state index is 5.33. The molecule has 0 bridgehead atoms. The van der Waals surface area contributed by atoms with Gasteiger partial charge in [-0.05, 0) is 82.6 Å². The molecule has 48 heavy (non-hydrogen) atoms. The Kier molecular flexibility index (Phi) is 5.84. The third-order valence-electron chi connectivity index (χ3n) is 9.54. The van der Waals surface area contributed by atoms with Gasteiger partial charge in [0.25, 0.3) is 0 Å². The van der Waals surface area contributed by atoms with Crippen LogP contribution in [0.15, 0.2) is 164 Å². The Balaban J connectivity index is 1.18. The van der Waals surface area contributed by atoms with E-state index in [9.17, 15) is 0 Å². The van der Waals surface area contributed by atoms with Crippen molar-refractivity contribution < 1.29 is 0 Å². The van der Waals surface area contributed by atoms with Crippen molar-refractivity contribution in [2.75, 3.05) is 0 Å². The summed E-state index contributed by atoms with van der Waals surface area (Å²) in [5, 5.41) is 7.22. The van der Waals surface area contributed by atoms with Gasteiger partial charge in [-0.2, -0.15) is 0 Å². The Morgan fingerprint density at radius 2 is 1.21 bits per heavy atom. The second-order valence-corrected chi connectivity index (χ2v) is 12.4. The third-order valence-corrected chi connectivity index (χ3v) is 9.54. The van der Waals surface area contributed by atoms with Crippen LogP contribution >= 0.6 is 0 Å². The van der Waals surface area contributed by atoms with E-state index >= 15 is 0 Å². The summed E-state index contributed by atoms with van der Waals surface area (Å²) in [6, 6.07) is 55.9. The van der Waals surface area contributed by atoms with Gasteiger partial charge in [0.15, 0.2) is 0 Å². The molecule has 10 rings (SSSR count). The van der Waals surface area contributed by atoms with E-state index in [1.165, 1.54) is 26.9 Å². The van der Waals surface area contributed by atoms with E-state index in [2.05, 4.69) is 161 Å². The van der Waals surface area contributed by atoms with Crippen LogP contribution in [0, 0.1) is 0 Å². The van der Waals surface area contributed by atoms with E-state index in [1.54, 1.807) is 0 Å². The van der Waals surface area contributed by atoms with Crippen LogP contribution in [0.4, 0.5) is 0 Å². The van der Waals surface area contributed by atoms with Crippen molar-refractivity contribution in [3.63, 3.8) is 0 Å². The highest BCUT2D eigenvalue weighted by atomic mass is 15.0. The number of nitrogens with zero attached hydrogens (tertiary/aromatic N) is 3. The van der Waals surface area contributed by atoms with Crippen LogP contribution in [-0.4, -0.2) is 19.5 Å². The van der Waals surface area contributed by atoms with Gasteiger partial charge >= 0.3 is 0 Å². The fraction of sp³-hybridized carbons (Fsp3) is 0. The van der Waals surface area contributed by atoms with Crippen molar-refractivity contribution in [1.82, 2.24) is 19.5 Å². The lowest BCUT2D eigenvalue weighted by molar-refractivity contribution is 1.13. The summed E-state index contributed by atoms with van der Waals surface area (Å²) < 4.78 is 2.28. The molecule has 4 aromatic heterocycles. The number of hydrogen-bond donors (Lipinski definition) is 1. The number of H-pyrrole nitrogens is 1. The average molecular weight is 613 g/mol. The lowest BCUT2D eigenvalue weighted by Crippen LogP contribution is -1.98. The molecule has 0 aliphatic heterocycles. The first-order valence-electron chi connectivity index (χ1n) is 16.2. The Hall–Kier alpha value is -6.52. The van der Waals surface area contributed by atoms with E-state index in [-0.39, 0.29) is 0 Å². The fourth-order valence-corrected chi connectivity index (χ4v) is 7.31. The molecule has 0 saturated heterocycles. The molecule has 0 radical (unpaired) electrons. The average Bonchev–Trinajstić information content (AvgIpc) is 3.69. The summed E-state index contributed by atoms with van der Waals surface area (Å²) >= 11 is 0. The third kappa shape index (κ3) is 4.16. The van der Waals surface area contributed by atoms with E-state index in [0.717, 1.165) is 66.9 Å². The molecule has 0 fully saturated rings. The van der Waals surface area contributed by atoms with Crippen molar-refractivity contribution in [1.29, 1.82) is 0 Å². The second kappa shape index (κ2) is 10.5. The molecule has 0 unspecified atom stereocenters.